The molecule has 32 heavy (non-hydrogen) atoms. The molecule has 0 radical (unpaired) electrons. The van der Waals surface area contributed by atoms with Crippen LogP contribution in [0.15, 0.2) is 48.2 Å². The summed E-state index contributed by atoms with van der Waals surface area (Å²) in [7, 11) is 0. The summed E-state index contributed by atoms with van der Waals surface area (Å²) in [5, 5.41) is 2.66. The Hall–Kier alpha value is -3.55. The molecule has 1 fully saturated rings. The minimum Gasteiger partial charge on any atom is -0.366 e. The highest BCUT2D eigenvalue weighted by Crippen LogP contribution is 2.37. The standard InChI is InChI=1S/C24H23F2N3O3/c1-14-9-11-28(12-10-14)22-21(16-3-6-18(7-4-16)27-15(2)30)23(31)29(24(22)32)20-8-5-17(25)13-19(20)26/h3-8,13-14H,9-12H2,1-2H3,(H,27,30). The average Bonchev–Trinajstić information content (AvgIpc) is 2.99. The summed E-state index contributed by atoms with van der Waals surface area (Å²) in [6.45, 7) is 4.72. The fourth-order valence-electron chi connectivity index (χ4n) is 4.11. The van der Waals surface area contributed by atoms with E-state index in [1.54, 1.807) is 24.3 Å². The topological polar surface area (TPSA) is 69.7 Å². The van der Waals surface area contributed by atoms with Crippen molar-refractivity contribution in [3.05, 3.63) is 65.4 Å². The van der Waals surface area contributed by atoms with Gasteiger partial charge in [0.15, 0.2) is 0 Å². The summed E-state index contributed by atoms with van der Waals surface area (Å²) >= 11 is 0. The van der Waals surface area contributed by atoms with Crippen LogP contribution in [-0.2, 0) is 14.4 Å². The number of amides is 3. The van der Waals surface area contributed by atoms with Gasteiger partial charge in [-0.3, -0.25) is 14.4 Å². The molecule has 0 unspecified atom stereocenters. The van der Waals surface area contributed by atoms with Crippen LogP contribution in [0.2, 0.25) is 0 Å². The Morgan fingerprint density at radius 1 is 1.00 bits per heavy atom. The number of nitrogens with zero attached hydrogens (tertiary/aromatic N) is 2. The van der Waals surface area contributed by atoms with Gasteiger partial charge < -0.3 is 10.2 Å². The van der Waals surface area contributed by atoms with Gasteiger partial charge in [0, 0.05) is 31.8 Å². The Balaban J connectivity index is 1.78. The minimum atomic E-state index is -0.986. The first-order valence-electron chi connectivity index (χ1n) is 10.5. The van der Waals surface area contributed by atoms with E-state index in [1.807, 2.05) is 4.90 Å². The number of carbonyl (C=O) groups excluding carboxylic acids is 3. The van der Waals surface area contributed by atoms with E-state index in [0.29, 0.717) is 36.3 Å². The monoisotopic (exact) mass is 439 g/mol. The SMILES string of the molecule is CC(=O)Nc1ccc(C2=C(N3CCC(C)CC3)C(=O)N(c3ccc(F)cc3F)C2=O)cc1. The third kappa shape index (κ3) is 4.00. The van der Waals surface area contributed by atoms with E-state index < -0.39 is 23.4 Å². The number of hydrogen-bond acceptors (Lipinski definition) is 4. The summed E-state index contributed by atoms with van der Waals surface area (Å²) in [5.74, 6) is -2.80. The van der Waals surface area contributed by atoms with Gasteiger partial charge in [-0.1, -0.05) is 19.1 Å². The van der Waals surface area contributed by atoms with Crippen LogP contribution in [0.25, 0.3) is 5.57 Å². The van der Waals surface area contributed by atoms with E-state index in [-0.39, 0.29) is 22.9 Å². The number of likely N-dealkylation sites (tertiary alicyclic amines) is 1. The third-order valence-corrected chi connectivity index (χ3v) is 5.80. The van der Waals surface area contributed by atoms with Gasteiger partial charge >= 0.3 is 0 Å². The van der Waals surface area contributed by atoms with Crippen LogP contribution in [0.3, 0.4) is 0 Å². The number of halogens is 2. The fraction of sp³-hybridized carbons (Fsp3) is 0.292. The van der Waals surface area contributed by atoms with Crippen LogP contribution >= 0.6 is 0 Å². The number of anilines is 2. The Morgan fingerprint density at radius 3 is 2.25 bits per heavy atom. The second-order valence-electron chi connectivity index (χ2n) is 8.19. The van der Waals surface area contributed by atoms with Crippen molar-refractivity contribution >= 4 is 34.7 Å². The van der Waals surface area contributed by atoms with Crippen LogP contribution in [0, 0.1) is 17.6 Å². The zero-order valence-electron chi connectivity index (χ0n) is 17.8. The predicted octanol–water partition coefficient (Wildman–Crippen LogP) is 3.94. The van der Waals surface area contributed by atoms with E-state index in [0.717, 1.165) is 29.9 Å². The lowest BCUT2D eigenvalue weighted by molar-refractivity contribution is -0.121. The van der Waals surface area contributed by atoms with Gasteiger partial charge in [0.1, 0.15) is 17.3 Å². The third-order valence-electron chi connectivity index (χ3n) is 5.80. The van der Waals surface area contributed by atoms with Crippen molar-refractivity contribution < 1.29 is 23.2 Å². The molecule has 0 saturated carbocycles. The van der Waals surface area contributed by atoms with E-state index in [9.17, 15) is 23.2 Å². The van der Waals surface area contributed by atoms with Crippen molar-refractivity contribution in [2.24, 2.45) is 5.92 Å². The van der Waals surface area contributed by atoms with Crippen LogP contribution in [0.4, 0.5) is 20.2 Å². The molecule has 2 aromatic carbocycles. The molecule has 0 atom stereocenters. The zero-order chi connectivity index (χ0) is 23.0. The van der Waals surface area contributed by atoms with Gasteiger partial charge in [-0.15, -0.1) is 0 Å². The highest BCUT2D eigenvalue weighted by Gasteiger charge is 2.43. The molecule has 2 heterocycles. The molecule has 8 heteroatoms. The molecule has 2 aliphatic rings. The lowest BCUT2D eigenvalue weighted by Crippen LogP contribution is -2.38. The second kappa shape index (κ2) is 8.53. The number of carbonyl (C=O) groups is 3. The molecular formula is C24H23F2N3O3. The van der Waals surface area contributed by atoms with Crippen LogP contribution in [0.1, 0.15) is 32.3 Å². The molecule has 6 nitrogen and oxygen atoms in total. The van der Waals surface area contributed by atoms with Crippen molar-refractivity contribution in [2.45, 2.75) is 26.7 Å². The van der Waals surface area contributed by atoms with Crippen molar-refractivity contribution in [3.8, 4) is 0 Å². The van der Waals surface area contributed by atoms with Crippen molar-refractivity contribution in [2.75, 3.05) is 23.3 Å². The number of piperidine rings is 1. The molecule has 1 N–H and O–H groups in total. The molecule has 1 saturated heterocycles. The van der Waals surface area contributed by atoms with E-state index in [1.165, 1.54) is 6.92 Å². The summed E-state index contributed by atoms with van der Waals surface area (Å²) < 4.78 is 27.9. The zero-order valence-corrected chi connectivity index (χ0v) is 17.8. The molecule has 0 spiro atoms. The number of hydrogen-bond donors (Lipinski definition) is 1. The maximum Gasteiger partial charge on any atom is 0.282 e. The van der Waals surface area contributed by atoms with Crippen molar-refractivity contribution in [3.63, 3.8) is 0 Å². The molecule has 0 bridgehead atoms. The lowest BCUT2D eigenvalue weighted by atomic mass is 9.97. The Morgan fingerprint density at radius 2 is 1.66 bits per heavy atom. The quantitative estimate of drug-likeness (QED) is 0.733. The fourth-order valence-corrected chi connectivity index (χ4v) is 4.11. The molecule has 0 aromatic heterocycles. The van der Waals surface area contributed by atoms with E-state index >= 15 is 0 Å². The van der Waals surface area contributed by atoms with Crippen LogP contribution < -0.4 is 10.2 Å². The average molecular weight is 439 g/mol. The summed E-state index contributed by atoms with van der Waals surface area (Å²) in [4.78, 5) is 40.8. The number of nitrogens with one attached hydrogen (secondary N) is 1. The van der Waals surface area contributed by atoms with E-state index in [2.05, 4.69) is 12.2 Å². The summed E-state index contributed by atoms with van der Waals surface area (Å²) in [6.07, 6.45) is 1.73. The van der Waals surface area contributed by atoms with Gasteiger partial charge in [0.25, 0.3) is 11.8 Å². The smallest absolute Gasteiger partial charge is 0.282 e. The molecule has 2 aliphatic heterocycles. The van der Waals surface area contributed by atoms with Gasteiger partial charge in [-0.05, 0) is 48.6 Å². The maximum atomic E-state index is 14.5. The van der Waals surface area contributed by atoms with Gasteiger partial charge in [0.2, 0.25) is 5.91 Å². The molecule has 0 aliphatic carbocycles. The minimum absolute atomic E-state index is 0.169. The first-order valence-corrected chi connectivity index (χ1v) is 10.5. The normalized spacial score (nSPS) is 17.4. The molecule has 3 amide bonds. The van der Waals surface area contributed by atoms with Crippen LogP contribution in [0.5, 0.6) is 0 Å². The highest BCUT2D eigenvalue weighted by atomic mass is 19.1. The Bertz CT molecular complexity index is 1120. The van der Waals surface area contributed by atoms with Gasteiger partial charge in [-0.25, -0.2) is 13.7 Å². The first-order chi connectivity index (χ1) is 15.3. The number of benzene rings is 2. The first kappa shape index (κ1) is 21.7. The largest absolute Gasteiger partial charge is 0.366 e. The summed E-state index contributed by atoms with van der Waals surface area (Å²) in [5.41, 5.74) is 1.14. The molecule has 166 valence electrons. The van der Waals surface area contributed by atoms with Gasteiger partial charge in [-0.2, -0.15) is 0 Å². The molecule has 2 aromatic rings. The highest BCUT2D eigenvalue weighted by molar-refractivity contribution is 6.45. The number of imide groups is 1. The second-order valence-corrected chi connectivity index (χ2v) is 8.19. The van der Waals surface area contributed by atoms with E-state index in [4.69, 9.17) is 0 Å². The molecular weight excluding hydrogens is 416 g/mol. The predicted molar refractivity (Wildman–Crippen MR) is 116 cm³/mol. The lowest BCUT2D eigenvalue weighted by Gasteiger charge is -2.32. The summed E-state index contributed by atoms with van der Waals surface area (Å²) in [6, 6.07) is 9.32. The van der Waals surface area contributed by atoms with Crippen molar-refractivity contribution in [1.82, 2.24) is 4.90 Å². The van der Waals surface area contributed by atoms with Crippen molar-refractivity contribution in [1.29, 1.82) is 0 Å². The number of rotatable bonds is 4. The molecule has 4 rings (SSSR count). The van der Waals surface area contributed by atoms with Crippen LogP contribution in [-0.4, -0.2) is 35.7 Å². The Labute approximate surface area is 184 Å². The maximum absolute atomic E-state index is 14.5. The Kier molecular flexibility index (Phi) is 5.78. The van der Waals surface area contributed by atoms with Gasteiger partial charge in [0.05, 0.1) is 11.3 Å².